The minimum absolute atomic E-state index is 0.00882. The van der Waals surface area contributed by atoms with E-state index in [-0.39, 0.29) is 5.54 Å². The molecule has 0 aliphatic heterocycles. The quantitative estimate of drug-likeness (QED) is 0.869. The highest BCUT2D eigenvalue weighted by Gasteiger charge is 2.34. The highest BCUT2D eigenvalue weighted by atomic mass is 32.1. The number of nitrogens with one attached hydrogen (secondary N) is 1. The fourth-order valence-corrected chi connectivity index (χ4v) is 4.68. The van der Waals surface area contributed by atoms with E-state index >= 15 is 0 Å². The first-order valence-electron chi connectivity index (χ1n) is 8.05. The summed E-state index contributed by atoms with van der Waals surface area (Å²) in [5.74, 6) is 0. The van der Waals surface area contributed by atoms with Crippen LogP contribution in [0.5, 0.6) is 0 Å². The maximum Gasteiger partial charge on any atom is 0.114 e. The van der Waals surface area contributed by atoms with Crippen molar-refractivity contribution in [1.82, 2.24) is 10.3 Å². The molecule has 1 atom stereocenters. The molecule has 0 amide bonds. The van der Waals surface area contributed by atoms with Crippen LogP contribution in [0.2, 0.25) is 0 Å². The molecule has 1 aliphatic rings. The largest absolute Gasteiger partial charge is 0.305 e. The summed E-state index contributed by atoms with van der Waals surface area (Å²) < 4.78 is 0. The van der Waals surface area contributed by atoms with Crippen molar-refractivity contribution in [2.75, 3.05) is 6.54 Å². The van der Waals surface area contributed by atoms with Crippen molar-refractivity contribution in [3.8, 4) is 0 Å². The molecule has 2 nitrogen and oxygen atoms in total. The lowest BCUT2D eigenvalue weighted by molar-refractivity contribution is 0.323. The Bertz CT molecular complexity index is 569. The predicted octanol–water partition coefficient (Wildman–Crippen LogP) is 4.09. The van der Waals surface area contributed by atoms with Crippen LogP contribution in [-0.4, -0.2) is 11.5 Å². The topological polar surface area (TPSA) is 24.9 Å². The SMILES string of the molecule is CCNC(CC)(Cc1ccccc1)c1nc2c(s1)CCC2. The van der Waals surface area contributed by atoms with E-state index in [0.29, 0.717) is 0 Å². The van der Waals surface area contributed by atoms with Crippen molar-refractivity contribution in [1.29, 1.82) is 0 Å². The van der Waals surface area contributed by atoms with Crippen LogP contribution in [0.25, 0.3) is 0 Å². The molecule has 112 valence electrons. The van der Waals surface area contributed by atoms with Gasteiger partial charge in [-0.15, -0.1) is 11.3 Å². The van der Waals surface area contributed by atoms with Gasteiger partial charge in [-0.25, -0.2) is 4.98 Å². The van der Waals surface area contributed by atoms with Crippen molar-refractivity contribution in [2.24, 2.45) is 0 Å². The van der Waals surface area contributed by atoms with Crippen molar-refractivity contribution < 1.29 is 0 Å². The standard InChI is InChI=1S/C18H24N2S/c1-3-18(19-4-2,13-14-9-6-5-7-10-14)17-20-15-11-8-12-16(15)21-17/h5-7,9-10,19H,3-4,8,11-13H2,1-2H3. The molecule has 1 aromatic carbocycles. The molecule has 0 saturated carbocycles. The zero-order valence-corrected chi connectivity index (χ0v) is 13.8. The molecule has 0 spiro atoms. The molecule has 2 aromatic rings. The van der Waals surface area contributed by atoms with Crippen LogP contribution in [-0.2, 0) is 24.8 Å². The molecule has 3 heteroatoms. The molecule has 0 radical (unpaired) electrons. The van der Waals surface area contributed by atoms with Crippen LogP contribution in [0.1, 0.15) is 47.8 Å². The minimum Gasteiger partial charge on any atom is -0.305 e. The maximum absolute atomic E-state index is 5.00. The summed E-state index contributed by atoms with van der Waals surface area (Å²) in [4.78, 5) is 6.53. The second-order valence-corrected chi connectivity index (χ2v) is 6.95. The summed E-state index contributed by atoms with van der Waals surface area (Å²) in [5, 5.41) is 5.04. The maximum atomic E-state index is 5.00. The Balaban J connectivity index is 1.95. The molecule has 1 aliphatic carbocycles. The first kappa shape index (κ1) is 14.7. The first-order chi connectivity index (χ1) is 10.3. The van der Waals surface area contributed by atoms with Crippen LogP contribution >= 0.6 is 11.3 Å². The number of aromatic nitrogens is 1. The van der Waals surface area contributed by atoms with E-state index in [0.717, 1.165) is 19.4 Å². The predicted molar refractivity (Wildman–Crippen MR) is 89.9 cm³/mol. The van der Waals surface area contributed by atoms with Gasteiger partial charge in [0.2, 0.25) is 0 Å². The van der Waals surface area contributed by atoms with Gasteiger partial charge in [0.25, 0.3) is 0 Å². The minimum atomic E-state index is -0.00882. The van der Waals surface area contributed by atoms with Gasteiger partial charge in [0.05, 0.1) is 11.2 Å². The molecular formula is C18H24N2S. The molecule has 0 bridgehead atoms. The molecule has 0 fully saturated rings. The second-order valence-electron chi connectivity index (χ2n) is 5.87. The molecule has 1 unspecified atom stereocenters. The summed E-state index contributed by atoms with van der Waals surface area (Å²) in [6.45, 7) is 5.44. The van der Waals surface area contributed by atoms with Gasteiger partial charge in [0.1, 0.15) is 5.01 Å². The van der Waals surface area contributed by atoms with E-state index in [2.05, 4.69) is 49.5 Å². The molecule has 1 aromatic heterocycles. The van der Waals surface area contributed by atoms with Gasteiger partial charge in [0, 0.05) is 4.88 Å². The third kappa shape index (κ3) is 2.90. The number of likely N-dealkylation sites (N-methyl/N-ethyl adjacent to an activating group) is 1. The van der Waals surface area contributed by atoms with Gasteiger partial charge in [-0.1, -0.05) is 44.2 Å². The van der Waals surface area contributed by atoms with E-state index < -0.39 is 0 Å². The van der Waals surface area contributed by atoms with E-state index in [9.17, 15) is 0 Å². The average Bonchev–Trinajstić information content (AvgIpc) is 3.09. The fourth-order valence-electron chi connectivity index (χ4n) is 3.29. The third-order valence-electron chi connectivity index (χ3n) is 4.47. The van der Waals surface area contributed by atoms with Gasteiger partial charge >= 0.3 is 0 Å². The lowest BCUT2D eigenvalue weighted by atomic mass is 9.88. The number of hydrogen-bond acceptors (Lipinski definition) is 3. The Morgan fingerprint density at radius 3 is 2.67 bits per heavy atom. The van der Waals surface area contributed by atoms with Gasteiger partial charge in [-0.05, 0) is 44.2 Å². The normalized spacial score (nSPS) is 16.7. The van der Waals surface area contributed by atoms with Gasteiger partial charge in [-0.3, -0.25) is 0 Å². The highest BCUT2D eigenvalue weighted by molar-refractivity contribution is 7.12. The smallest absolute Gasteiger partial charge is 0.114 e. The molecule has 1 N–H and O–H groups in total. The van der Waals surface area contributed by atoms with Crippen LogP contribution in [0, 0.1) is 0 Å². The summed E-state index contributed by atoms with van der Waals surface area (Å²) in [7, 11) is 0. The van der Waals surface area contributed by atoms with Crippen LogP contribution in [0.4, 0.5) is 0 Å². The van der Waals surface area contributed by atoms with Crippen LogP contribution < -0.4 is 5.32 Å². The molecule has 0 saturated heterocycles. The van der Waals surface area contributed by atoms with E-state index in [1.54, 1.807) is 0 Å². The van der Waals surface area contributed by atoms with Gasteiger partial charge < -0.3 is 5.32 Å². The lowest BCUT2D eigenvalue weighted by Crippen LogP contribution is -2.43. The number of aryl methyl sites for hydroxylation is 2. The third-order valence-corrected chi connectivity index (χ3v) is 5.83. The van der Waals surface area contributed by atoms with Gasteiger partial charge in [-0.2, -0.15) is 0 Å². The number of fused-ring (bicyclic) bond motifs is 1. The number of nitrogens with zero attached hydrogens (tertiary/aromatic N) is 1. The van der Waals surface area contributed by atoms with Crippen molar-refractivity contribution in [2.45, 2.75) is 51.5 Å². The van der Waals surface area contributed by atoms with E-state index in [1.165, 1.54) is 40.4 Å². The fraction of sp³-hybridized carbons (Fsp3) is 0.500. The van der Waals surface area contributed by atoms with E-state index in [4.69, 9.17) is 4.98 Å². The zero-order chi connectivity index (χ0) is 14.7. The van der Waals surface area contributed by atoms with Crippen molar-refractivity contribution >= 4 is 11.3 Å². The van der Waals surface area contributed by atoms with Gasteiger partial charge in [0.15, 0.2) is 0 Å². The first-order valence-corrected chi connectivity index (χ1v) is 8.87. The molecule has 21 heavy (non-hydrogen) atoms. The summed E-state index contributed by atoms with van der Waals surface area (Å²) >= 11 is 1.94. The number of benzene rings is 1. The monoisotopic (exact) mass is 300 g/mol. The summed E-state index contributed by atoms with van der Waals surface area (Å²) in [6.07, 6.45) is 5.77. The summed E-state index contributed by atoms with van der Waals surface area (Å²) in [6, 6.07) is 10.8. The molecule has 3 rings (SSSR count). The Kier molecular flexibility index (Phi) is 4.41. The molecular weight excluding hydrogens is 276 g/mol. The number of hydrogen-bond donors (Lipinski definition) is 1. The lowest BCUT2D eigenvalue weighted by Gasteiger charge is -2.32. The second kappa shape index (κ2) is 6.29. The Morgan fingerprint density at radius 1 is 1.19 bits per heavy atom. The number of rotatable bonds is 6. The summed E-state index contributed by atoms with van der Waals surface area (Å²) in [5.41, 5.74) is 2.74. The Labute approximate surface area is 131 Å². The number of thiazole rings is 1. The van der Waals surface area contributed by atoms with Crippen molar-refractivity contribution in [3.63, 3.8) is 0 Å². The van der Waals surface area contributed by atoms with Crippen LogP contribution in [0.15, 0.2) is 30.3 Å². The Morgan fingerprint density at radius 2 is 2.00 bits per heavy atom. The highest BCUT2D eigenvalue weighted by Crippen LogP contribution is 2.37. The van der Waals surface area contributed by atoms with Crippen molar-refractivity contribution in [3.05, 3.63) is 51.5 Å². The molecule has 1 heterocycles. The average molecular weight is 300 g/mol. The zero-order valence-electron chi connectivity index (χ0n) is 13.0. The van der Waals surface area contributed by atoms with E-state index in [1.807, 2.05) is 11.3 Å². The Hall–Kier alpha value is -1.19. The van der Waals surface area contributed by atoms with Crippen LogP contribution in [0.3, 0.4) is 0 Å².